The van der Waals surface area contributed by atoms with E-state index in [1.807, 2.05) is 18.7 Å². The number of nitrogens with zero attached hydrogens (tertiary/aromatic N) is 4. The van der Waals surface area contributed by atoms with Gasteiger partial charge in [0.25, 0.3) is 5.91 Å². The van der Waals surface area contributed by atoms with Gasteiger partial charge in [0.1, 0.15) is 5.56 Å². The summed E-state index contributed by atoms with van der Waals surface area (Å²) in [5.41, 5.74) is 0.563. The number of amides is 1. The number of ether oxygens (including phenoxy) is 1. The molecule has 0 radical (unpaired) electrons. The Morgan fingerprint density at radius 1 is 1.22 bits per heavy atom. The van der Waals surface area contributed by atoms with Gasteiger partial charge in [0.2, 0.25) is 5.88 Å². The van der Waals surface area contributed by atoms with Gasteiger partial charge in [-0.1, -0.05) is 0 Å². The highest BCUT2D eigenvalue weighted by Gasteiger charge is 2.44. The molecular formula is C17H20N4O2. The number of hydrogen-bond acceptors (Lipinski definition) is 4. The molecule has 4 rings (SSSR count). The predicted molar refractivity (Wildman–Crippen MR) is 84.3 cm³/mol. The summed E-state index contributed by atoms with van der Waals surface area (Å²) >= 11 is 0. The molecule has 0 aliphatic carbocycles. The number of rotatable bonds is 3. The molecule has 2 aliphatic heterocycles. The SMILES string of the molecule is COc1ncccc1C(=O)N1C2CCC1CC(n1ccnc1)C2. The van der Waals surface area contributed by atoms with Crippen molar-refractivity contribution < 1.29 is 9.53 Å². The fourth-order valence-corrected chi connectivity index (χ4v) is 4.06. The number of aromatic nitrogens is 3. The third kappa shape index (κ3) is 2.38. The van der Waals surface area contributed by atoms with Gasteiger partial charge in [0, 0.05) is 36.7 Å². The monoisotopic (exact) mass is 312 g/mol. The van der Waals surface area contributed by atoms with Gasteiger partial charge in [-0.05, 0) is 37.8 Å². The fourth-order valence-electron chi connectivity index (χ4n) is 4.06. The molecule has 0 N–H and O–H groups in total. The van der Waals surface area contributed by atoms with Crippen molar-refractivity contribution in [3.8, 4) is 5.88 Å². The minimum Gasteiger partial charge on any atom is -0.480 e. The normalized spacial score (nSPS) is 26.3. The summed E-state index contributed by atoms with van der Waals surface area (Å²) in [7, 11) is 1.55. The Hall–Kier alpha value is -2.37. The number of hydrogen-bond donors (Lipinski definition) is 0. The van der Waals surface area contributed by atoms with Crippen molar-refractivity contribution in [1.29, 1.82) is 0 Å². The Bertz CT molecular complexity index is 686. The Kier molecular flexibility index (Phi) is 3.52. The molecule has 0 aromatic carbocycles. The predicted octanol–water partition coefficient (Wildman–Crippen LogP) is 2.29. The van der Waals surface area contributed by atoms with Gasteiger partial charge in [-0.2, -0.15) is 0 Å². The van der Waals surface area contributed by atoms with Crippen molar-refractivity contribution in [2.24, 2.45) is 0 Å². The lowest BCUT2D eigenvalue weighted by molar-refractivity contribution is 0.0529. The van der Waals surface area contributed by atoms with Crippen LogP contribution in [0.3, 0.4) is 0 Å². The molecule has 2 aromatic heterocycles. The second-order valence-electron chi connectivity index (χ2n) is 6.29. The van der Waals surface area contributed by atoms with Crippen LogP contribution in [0.4, 0.5) is 0 Å². The van der Waals surface area contributed by atoms with Crippen LogP contribution >= 0.6 is 0 Å². The highest BCUT2D eigenvalue weighted by atomic mass is 16.5. The van der Waals surface area contributed by atoms with Gasteiger partial charge in [-0.15, -0.1) is 0 Å². The Balaban J connectivity index is 1.58. The average molecular weight is 312 g/mol. The maximum Gasteiger partial charge on any atom is 0.259 e. The highest BCUT2D eigenvalue weighted by Crippen LogP contribution is 2.41. The van der Waals surface area contributed by atoms with Crippen LogP contribution < -0.4 is 4.74 Å². The molecule has 23 heavy (non-hydrogen) atoms. The van der Waals surface area contributed by atoms with Crippen LogP contribution in [0.5, 0.6) is 5.88 Å². The summed E-state index contributed by atoms with van der Waals surface area (Å²) in [4.78, 5) is 23.4. The van der Waals surface area contributed by atoms with Gasteiger partial charge < -0.3 is 14.2 Å². The third-order valence-electron chi connectivity index (χ3n) is 5.08. The zero-order chi connectivity index (χ0) is 15.8. The molecule has 2 aliphatic rings. The van der Waals surface area contributed by atoms with Crippen LogP contribution in [-0.2, 0) is 0 Å². The van der Waals surface area contributed by atoms with Gasteiger partial charge in [-0.25, -0.2) is 9.97 Å². The van der Waals surface area contributed by atoms with E-state index in [1.54, 1.807) is 25.4 Å². The first-order chi connectivity index (χ1) is 11.3. The first-order valence-corrected chi connectivity index (χ1v) is 8.07. The van der Waals surface area contributed by atoms with Crippen molar-refractivity contribution >= 4 is 5.91 Å². The Morgan fingerprint density at radius 2 is 2.00 bits per heavy atom. The summed E-state index contributed by atoms with van der Waals surface area (Å²) < 4.78 is 7.44. The molecule has 0 saturated carbocycles. The summed E-state index contributed by atoms with van der Waals surface area (Å²) in [5, 5.41) is 0. The molecular weight excluding hydrogens is 292 g/mol. The number of piperidine rings is 1. The van der Waals surface area contributed by atoms with Crippen LogP contribution in [0, 0.1) is 0 Å². The third-order valence-corrected chi connectivity index (χ3v) is 5.08. The van der Waals surface area contributed by atoms with E-state index in [0.717, 1.165) is 25.7 Å². The summed E-state index contributed by atoms with van der Waals surface area (Å²) in [6.07, 6.45) is 11.5. The molecule has 2 fully saturated rings. The molecule has 120 valence electrons. The maximum atomic E-state index is 13.0. The number of imidazole rings is 1. The molecule has 2 bridgehead atoms. The van der Waals surface area contributed by atoms with Gasteiger partial charge >= 0.3 is 0 Å². The molecule has 2 atom stereocenters. The van der Waals surface area contributed by atoms with E-state index in [4.69, 9.17) is 4.74 Å². The first kappa shape index (κ1) is 14.2. The van der Waals surface area contributed by atoms with Gasteiger partial charge in [-0.3, -0.25) is 4.79 Å². The summed E-state index contributed by atoms with van der Waals surface area (Å²) in [6.45, 7) is 0. The van der Waals surface area contributed by atoms with E-state index in [-0.39, 0.29) is 5.91 Å². The van der Waals surface area contributed by atoms with E-state index in [9.17, 15) is 4.79 Å². The average Bonchev–Trinajstić information content (AvgIpc) is 3.21. The lowest BCUT2D eigenvalue weighted by Gasteiger charge is -2.39. The lowest BCUT2D eigenvalue weighted by Crippen LogP contribution is -2.47. The maximum absolute atomic E-state index is 13.0. The van der Waals surface area contributed by atoms with E-state index in [0.29, 0.717) is 29.6 Å². The van der Waals surface area contributed by atoms with Crippen molar-refractivity contribution in [3.05, 3.63) is 42.6 Å². The topological polar surface area (TPSA) is 60.2 Å². The van der Waals surface area contributed by atoms with Crippen LogP contribution in [-0.4, -0.2) is 44.5 Å². The van der Waals surface area contributed by atoms with Gasteiger partial charge in [0.15, 0.2) is 0 Å². The van der Waals surface area contributed by atoms with Crippen molar-refractivity contribution in [2.75, 3.05) is 7.11 Å². The van der Waals surface area contributed by atoms with Crippen LogP contribution in [0.1, 0.15) is 42.1 Å². The number of methoxy groups -OCH3 is 1. The smallest absolute Gasteiger partial charge is 0.259 e. The van der Waals surface area contributed by atoms with E-state index in [2.05, 4.69) is 19.4 Å². The first-order valence-electron chi connectivity index (χ1n) is 8.07. The minimum atomic E-state index is 0.0477. The highest BCUT2D eigenvalue weighted by molar-refractivity contribution is 5.97. The number of carbonyl (C=O) groups is 1. The second kappa shape index (κ2) is 5.68. The molecule has 6 nitrogen and oxygen atoms in total. The van der Waals surface area contributed by atoms with E-state index < -0.39 is 0 Å². The number of fused-ring (bicyclic) bond motifs is 2. The Labute approximate surface area is 135 Å². The minimum absolute atomic E-state index is 0.0477. The molecule has 1 amide bonds. The van der Waals surface area contributed by atoms with Crippen LogP contribution in [0.15, 0.2) is 37.1 Å². The van der Waals surface area contributed by atoms with E-state index in [1.165, 1.54) is 0 Å². The number of carbonyl (C=O) groups excluding carboxylic acids is 1. The Morgan fingerprint density at radius 3 is 2.65 bits per heavy atom. The second-order valence-corrected chi connectivity index (χ2v) is 6.29. The summed E-state index contributed by atoms with van der Waals surface area (Å²) in [5.74, 6) is 0.458. The zero-order valence-electron chi connectivity index (χ0n) is 13.1. The standard InChI is InChI=1S/C17H20N4O2/c1-23-16-15(3-2-6-19-16)17(22)21-12-4-5-13(21)10-14(9-12)20-8-7-18-11-20/h2-3,6-8,11-14H,4-5,9-10H2,1H3. The quantitative estimate of drug-likeness (QED) is 0.872. The molecule has 2 aromatic rings. The van der Waals surface area contributed by atoms with Crippen LogP contribution in [0.2, 0.25) is 0 Å². The zero-order valence-corrected chi connectivity index (χ0v) is 13.1. The fraction of sp³-hybridized carbons (Fsp3) is 0.471. The van der Waals surface area contributed by atoms with Crippen LogP contribution in [0.25, 0.3) is 0 Å². The van der Waals surface area contributed by atoms with E-state index >= 15 is 0 Å². The number of pyridine rings is 1. The van der Waals surface area contributed by atoms with Gasteiger partial charge in [0.05, 0.1) is 13.4 Å². The van der Waals surface area contributed by atoms with Crippen molar-refractivity contribution in [3.63, 3.8) is 0 Å². The largest absolute Gasteiger partial charge is 0.480 e. The molecule has 2 unspecified atom stereocenters. The van der Waals surface area contributed by atoms with Crippen molar-refractivity contribution in [2.45, 2.75) is 43.8 Å². The molecule has 2 saturated heterocycles. The molecule has 4 heterocycles. The molecule has 0 spiro atoms. The summed E-state index contributed by atoms with van der Waals surface area (Å²) in [6, 6.07) is 4.61. The van der Waals surface area contributed by atoms with Crippen molar-refractivity contribution in [1.82, 2.24) is 19.4 Å². The lowest BCUT2D eigenvalue weighted by atomic mass is 9.96. The molecule has 6 heteroatoms.